The summed E-state index contributed by atoms with van der Waals surface area (Å²) in [5, 5.41) is 8.87. The molecular weight excluding hydrogens is 258 g/mol. The highest BCUT2D eigenvalue weighted by Gasteiger charge is 2.15. The lowest BCUT2D eigenvalue weighted by molar-refractivity contribution is -0.116. The summed E-state index contributed by atoms with van der Waals surface area (Å²) < 4.78 is 1.83. The summed E-state index contributed by atoms with van der Waals surface area (Å²) in [6.45, 7) is 1.80. The Labute approximate surface area is 116 Å². The van der Waals surface area contributed by atoms with E-state index >= 15 is 0 Å². The highest BCUT2D eigenvalue weighted by molar-refractivity contribution is 5.92. The number of aryl methyl sites for hydroxylation is 1. The third-order valence-electron chi connectivity index (χ3n) is 3.03. The zero-order valence-electron chi connectivity index (χ0n) is 11.3. The number of nitrogens with zero attached hydrogens (tertiary/aromatic N) is 3. The average Bonchev–Trinajstić information content (AvgIpc) is 2.81. The molecule has 6 nitrogen and oxygen atoms in total. The standard InChI is InChI=1S/C14H15N3O3/c1-10(18)17(9-13-15-7-8-16(13)2)12-5-3-11(4-6-12)14(19)20/h3-8H,9H2,1-2H3,(H,19,20). The summed E-state index contributed by atoms with van der Waals surface area (Å²) in [5.74, 6) is -0.367. The van der Waals surface area contributed by atoms with Crippen LogP contribution in [-0.4, -0.2) is 26.5 Å². The molecule has 0 aliphatic heterocycles. The summed E-state index contributed by atoms with van der Waals surface area (Å²) in [6, 6.07) is 6.19. The molecule has 0 radical (unpaired) electrons. The third-order valence-corrected chi connectivity index (χ3v) is 3.03. The molecule has 0 atom stereocenters. The van der Waals surface area contributed by atoms with Gasteiger partial charge in [0.05, 0.1) is 12.1 Å². The fourth-order valence-electron chi connectivity index (χ4n) is 1.86. The first-order chi connectivity index (χ1) is 9.49. The zero-order chi connectivity index (χ0) is 14.7. The van der Waals surface area contributed by atoms with Gasteiger partial charge in [-0.05, 0) is 24.3 Å². The summed E-state index contributed by atoms with van der Waals surface area (Å²) in [7, 11) is 1.86. The lowest BCUT2D eigenvalue weighted by Crippen LogP contribution is -2.29. The lowest BCUT2D eigenvalue weighted by Gasteiger charge is -2.21. The van der Waals surface area contributed by atoms with Gasteiger partial charge < -0.3 is 14.6 Å². The van der Waals surface area contributed by atoms with Gasteiger partial charge >= 0.3 is 5.97 Å². The quantitative estimate of drug-likeness (QED) is 0.919. The van der Waals surface area contributed by atoms with Crippen LogP contribution in [0.25, 0.3) is 0 Å². The molecular formula is C14H15N3O3. The highest BCUT2D eigenvalue weighted by Crippen LogP contribution is 2.18. The topological polar surface area (TPSA) is 75.4 Å². The SMILES string of the molecule is CC(=O)N(Cc1nccn1C)c1ccc(C(=O)O)cc1. The second kappa shape index (κ2) is 5.56. The first-order valence-electron chi connectivity index (χ1n) is 6.06. The van der Waals surface area contributed by atoms with E-state index in [1.807, 2.05) is 11.6 Å². The Balaban J connectivity index is 2.27. The van der Waals surface area contributed by atoms with Crippen LogP contribution >= 0.6 is 0 Å². The van der Waals surface area contributed by atoms with Crippen molar-refractivity contribution < 1.29 is 14.7 Å². The number of rotatable bonds is 4. The molecule has 1 heterocycles. The van der Waals surface area contributed by atoms with Gasteiger partial charge in [0.15, 0.2) is 0 Å². The molecule has 20 heavy (non-hydrogen) atoms. The average molecular weight is 273 g/mol. The first kappa shape index (κ1) is 13.8. The maximum Gasteiger partial charge on any atom is 0.335 e. The number of aromatic carboxylic acids is 1. The number of carboxylic acids is 1. The molecule has 0 aliphatic carbocycles. The maximum absolute atomic E-state index is 11.8. The van der Waals surface area contributed by atoms with E-state index in [4.69, 9.17) is 5.11 Å². The molecule has 0 bridgehead atoms. The predicted octanol–water partition coefficient (Wildman–Crippen LogP) is 1.67. The number of imidazole rings is 1. The van der Waals surface area contributed by atoms with Gasteiger partial charge in [-0.3, -0.25) is 4.79 Å². The van der Waals surface area contributed by atoms with E-state index < -0.39 is 5.97 Å². The molecule has 104 valence electrons. The van der Waals surface area contributed by atoms with Crippen molar-refractivity contribution in [3.63, 3.8) is 0 Å². The van der Waals surface area contributed by atoms with Crippen molar-refractivity contribution in [1.29, 1.82) is 0 Å². The van der Waals surface area contributed by atoms with Gasteiger partial charge in [0.1, 0.15) is 5.82 Å². The fraction of sp³-hybridized carbons (Fsp3) is 0.214. The number of aromatic nitrogens is 2. The highest BCUT2D eigenvalue weighted by atomic mass is 16.4. The van der Waals surface area contributed by atoms with Gasteiger partial charge in [0, 0.05) is 32.1 Å². The minimum atomic E-state index is -0.991. The molecule has 2 rings (SSSR count). The van der Waals surface area contributed by atoms with Crippen molar-refractivity contribution in [2.75, 3.05) is 4.90 Å². The zero-order valence-corrected chi connectivity index (χ0v) is 11.3. The van der Waals surface area contributed by atoms with Gasteiger partial charge in [-0.1, -0.05) is 0 Å². The number of amides is 1. The maximum atomic E-state index is 11.8. The Hall–Kier alpha value is -2.63. The number of hydrogen-bond acceptors (Lipinski definition) is 3. The molecule has 1 N–H and O–H groups in total. The van der Waals surface area contributed by atoms with E-state index in [-0.39, 0.29) is 11.5 Å². The van der Waals surface area contributed by atoms with Crippen LogP contribution in [-0.2, 0) is 18.4 Å². The Morgan fingerprint density at radius 1 is 1.30 bits per heavy atom. The van der Waals surface area contributed by atoms with Crippen LogP contribution < -0.4 is 4.90 Å². The monoisotopic (exact) mass is 273 g/mol. The molecule has 0 saturated heterocycles. The molecule has 0 unspecified atom stereocenters. The van der Waals surface area contributed by atoms with E-state index in [0.29, 0.717) is 12.2 Å². The lowest BCUT2D eigenvalue weighted by atomic mass is 10.2. The van der Waals surface area contributed by atoms with Crippen LogP contribution in [0, 0.1) is 0 Å². The number of carboxylic acid groups (broad SMARTS) is 1. The van der Waals surface area contributed by atoms with E-state index in [1.165, 1.54) is 19.1 Å². The normalized spacial score (nSPS) is 10.3. The predicted molar refractivity (Wildman–Crippen MR) is 73.5 cm³/mol. The number of hydrogen-bond donors (Lipinski definition) is 1. The van der Waals surface area contributed by atoms with Crippen molar-refractivity contribution in [3.8, 4) is 0 Å². The van der Waals surface area contributed by atoms with Crippen molar-refractivity contribution in [1.82, 2.24) is 9.55 Å². The minimum Gasteiger partial charge on any atom is -0.478 e. The third kappa shape index (κ3) is 2.85. The Morgan fingerprint density at radius 2 is 1.95 bits per heavy atom. The second-order valence-corrected chi connectivity index (χ2v) is 4.41. The van der Waals surface area contributed by atoms with E-state index in [1.54, 1.807) is 29.4 Å². The van der Waals surface area contributed by atoms with Crippen LogP contribution in [0.2, 0.25) is 0 Å². The fourth-order valence-corrected chi connectivity index (χ4v) is 1.86. The van der Waals surface area contributed by atoms with Crippen LogP contribution in [0.3, 0.4) is 0 Å². The van der Waals surface area contributed by atoms with Crippen molar-refractivity contribution in [2.24, 2.45) is 7.05 Å². The molecule has 1 aromatic heterocycles. The van der Waals surface area contributed by atoms with Crippen molar-refractivity contribution in [3.05, 3.63) is 48.0 Å². The van der Waals surface area contributed by atoms with Crippen LogP contribution in [0.15, 0.2) is 36.7 Å². The summed E-state index contributed by atoms with van der Waals surface area (Å²) in [5.41, 5.74) is 0.833. The van der Waals surface area contributed by atoms with Crippen LogP contribution in [0.1, 0.15) is 23.1 Å². The van der Waals surface area contributed by atoms with Crippen LogP contribution in [0.5, 0.6) is 0 Å². The number of carbonyl (C=O) groups is 2. The number of carbonyl (C=O) groups excluding carboxylic acids is 1. The number of anilines is 1. The Kier molecular flexibility index (Phi) is 3.84. The first-order valence-corrected chi connectivity index (χ1v) is 6.06. The van der Waals surface area contributed by atoms with Gasteiger partial charge in [-0.15, -0.1) is 0 Å². The van der Waals surface area contributed by atoms with E-state index in [9.17, 15) is 9.59 Å². The van der Waals surface area contributed by atoms with Gasteiger partial charge in [0.25, 0.3) is 0 Å². The van der Waals surface area contributed by atoms with Crippen LogP contribution in [0.4, 0.5) is 5.69 Å². The molecule has 0 saturated carbocycles. The molecule has 0 fully saturated rings. The molecule has 1 aromatic carbocycles. The van der Waals surface area contributed by atoms with Crippen molar-refractivity contribution >= 4 is 17.6 Å². The summed E-state index contributed by atoms with van der Waals surface area (Å²) in [6.07, 6.45) is 3.47. The van der Waals surface area contributed by atoms with E-state index in [2.05, 4.69) is 4.98 Å². The molecule has 0 spiro atoms. The smallest absolute Gasteiger partial charge is 0.335 e. The van der Waals surface area contributed by atoms with E-state index in [0.717, 1.165) is 5.82 Å². The number of benzene rings is 1. The van der Waals surface area contributed by atoms with Gasteiger partial charge in [0.2, 0.25) is 5.91 Å². The second-order valence-electron chi connectivity index (χ2n) is 4.41. The largest absolute Gasteiger partial charge is 0.478 e. The Morgan fingerprint density at radius 3 is 2.40 bits per heavy atom. The Bertz CT molecular complexity index is 631. The molecule has 2 aromatic rings. The molecule has 6 heteroatoms. The van der Waals surface area contributed by atoms with Crippen molar-refractivity contribution in [2.45, 2.75) is 13.5 Å². The van der Waals surface area contributed by atoms with Gasteiger partial charge in [-0.2, -0.15) is 0 Å². The summed E-state index contributed by atoms with van der Waals surface area (Å²) >= 11 is 0. The molecule has 1 amide bonds. The minimum absolute atomic E-state index is 0.129. The molecule has 0 aliphatic rings. The summed E-state index contributed by atoms with van der Waals surface area (Å²) in [4.78, 5) is 28.3. The van der Waals surface area contributed by atoms with Gasteiger partial charge in [-0.25, -0.2) is 9.78 Å².